The van der Waals surface area contributed by atoms with Gasteiger partial charge in [-0.1, -0.05) is 40.9 Å². The molecule has 2 fully saturated rings. The molecule has 2 N–H and O–H groups in total. The van der Waals surface area contributed by atoms with E-state index in [0.29, 0.717) is 10.0 Å². The molecule has 122 valence electrons. The highest BCUT2D eigenvalue weighted by Crippen LogP contribution is 2.38. The molecule has 1 saturated heterocycles. The first-order valence-corrected chi connectivity index (χ1v) is 8.75. The number of fused-ring (bicyclic) bond motifs is 1. The maximum absolute atomic E-state index is 6.25. The van der Waals surface area contributed by atoms with Gasteiger partial charge in [-0.05, 0) is 37.4 Å². The van der Waals surface area contributed by atoms with Gasteiger partial charge in [0.1, 0.15) is 0 Å². The lowest BCUT2D eigenvalue weighted by Gasteiger charge is -2.29. The number of nitrogens with one attached hydrogen (secondary N) is 2. The number of rotatable bonds is 4. The standard InChI is InChI=1S/C16H19Cl2N5/c17-13-4-1-5-14(15(13)18)23-9-12(21-22-23)8-20-16-6-2-3-11(16)7-19-10-16/h1,4-5,9,11,19-20H,2-3,6-8,10H2/t11-,16-/m0/s1. The third kappa shape index (κ3) is 2.76. The van der Waals surface area contributed by atoms with Gasteiger partial charge in [0.2, 0.25) is 0 Å². The molecular weight excluding hydrogens is 333 g/mol. The molecule has 5 nitrogen and oxygen atoms in total. The second-order valence-corrected chi connectivity index (χ2v) is 7.24. The number of hydrogen-bond acceptors (Lipinski definition) is 4. The van der Waals surface area contributed by atoms with Crippen LogP contribution in [-0.4, -0.2) is 33.6 Å². The van der Waals surface area contributed by atoms with Gasteiger partial charge in [0, 0.05) is 18.6 Å². The van der Waals surface area contributed by atoms with Gasteiger partial charge in [0.25, 0.3) is 0 Å². The van der Waals surface area contributed by atoms with Crippen LogP contribution in [0.4, 0.5) is 0 Å². The number of halogens is 2. The molecule has 0 unspecified atom stereocenters. The summed E-state index contributed by atoms with van der Waals surface area (Å²) in [5.74, 6) is 0.736. The van der Waals surface area contributed by atoms with Crippen molar-refractivity contribution in [3.63, 3.8) is 0 Å². The van der Waals surface area contributed by atoms with Crippen molar-refractivity contribution in [3.8, 4) is 5.69 Å². The minimum Gasteiger partial charge on any atom is -0.315 e. The van der Waals surface area contributed by atoms with E-state index in [9.17, 15) is 0 Å². The normalized spacial score (nSPS) is 26.6. The number of nitrogens with zero attached hydrogens (tertiary/aromatic N) is 3. The van der Waals surface area contributed by atoms with E-state index in [0.717, 1.165) is 36.9 Å². The molecule has 1 aromatic carbocycles. The van der Waals surface area contributed by atoms with Crippen LogP contribution in [-0.2, 0) is 6.54 Å². The van der Waals surface area contributed by atoms with Crippen molar-refractivity contribution in [1.29, 1.82) is 0 Å². The predicted molar refractivity (Wildman–Crippen MR) is 91.2 cm³/mol. The van der Waals surface area contributed by atoms with Crippen molar-refractivity contribution >= 4 is 23.2 Å². The molecule has 0 spiro atoms. The Morgan fingerprint density at radius 1 is 1.39 bits per heavy atom. The Morgan fingerprint density at radius 3 is 3.22 bits per heavy atom. The van der Waals surface area contributed by atoms with Gasteiger partial charge in [-0.3, -0.25) is 0 Å². The molecule has 0 amide bonds. The zero-order valence-electron chi connectivity index (χ0n) is 12.7. The molecule has 0 radical (unpaired) electrons. The van der Waals surface area contributed by atoms with E-state index in [4.69, 9.17) is 23.2 Å². The Balaban J connectivity index is 1.49. The molecule has 1 aliphatic carbocycles. The van der Waals surface area contributed by atoms with Gasteiger partial charge in [0.15, 0.2) is 0 Å². The summed E-state index contributed by atoms with van der Waals surface area (Å²) in [5, 5.41) is 16.7. The van der Waals surface area contributed by atoms with Crippen LogP contribution in [0.15, 0.2) is 24.4 Å². The van der Waals surface area contributed by atoms with Crippen LogP contribution >= 0.6 is 23.2 Å². The largest absolute Gasteiger partial charge is 0.315 e. The highest BCUT2D eigenvalue weighted by Gasteiger charge is 2.45. The van der Waals surface area contributed by atoms with Crippen LogP contribution in [0.2, 0.25) is 10.0 Å². The zero-order chi connectivity index (χ0) is 15.9. The van der Waals surface area contributed by atoms with Gasteiger partial charge in [-0.2, -0.15) is 0 Å². The van der Waals surface area contributed by atoms with E-state index in [1.54, 1.807) is 10.7 Å². The van der Waals surface area contributed by atoms with Crippen LogP contribution in [0.5, 0.6) is 0 Å². The quantitative estimate of drug-likeness (QED) is 0.889. The minimum atomic E-state index is 0.234. The smallest absolute Gasteiger partial charge is 0.0969 e. The maximum Gasteiger partial charge on any atom is 0.0969 e. The predicted octanol–water partition coefficient (Wildman–Crippen LogP) is 2.81. The third-order valence-corrected chi connectivity index (χ3v) is 5.94. The lowest BCUT2D eigenvalue weighted by atomic mass is 9.90. The van der Waals surface area contributed by atoms with Crippen molar-refractivity contribution in [3.05, 3.63) is 40.1 Å². The lowest BCUT2D eigenvalue weighted by Crippen LogP contribution is -2.48. The van der Waals surface area contributed by atoms with Gasteiger partial charge >= 0.3 is 0 Å². The Labute approximate surface area is 145 Å². The fraction of sp³-hybridized carbons (Fsp3) is 0.500. The maximum atomic E-state index is 6.25. The Hall–Kier alpha value is -1.14. The average Bonchev–Trinajstić information content (AvgIpc) is 3.22. The van der Waals surface area contributed by atoms with Crippen LogP contribution in [0.1, 0.15) is 25.0 Å². The molecule has 2 heterocycles. The molecule has 0 bridgehead atoms. The van der Waals surface area contributed by atoms with E-state index in [1.165, 1.54) is 19.3 Å². The van der Waals surface area contributed by atoms with Crippen molar-refractivity contribution in [2.75, 3.05) is 13.1 Å². The van der Waals surface area contributed by atoms with Crippen LogP contribution in [0.25, 0.3) is 5.69 Å². The summed E-state index contributed by atoms with van der Waals surface area (Å²) in [6.07, 6.45) is 5.77. The molecule has 1 aliphatic heterocycles. The van der Waals surface area contributed by atoms with E-state index >= 15 is 0 Å². The van der Waals surface area contributed by atoms with Crippen molar-refractivity contribution < 1.29 is 0 Å². The van der Waals surface area contributed by atoms with E-state index in [-0.39, 0.29) is 5.54 Å². The molecule has 1 aromatic heterocycles. The fourth-order valence-corrected chi connectivity index (χ4v) is 4.25. The summed E-state index contributed by atoms with van der Waals surface area (Å²) in [6, 6.07) is 5.50. The highest BCUT2D eigenvalue weighted by molar-refractivity contribution is 6.43. The molecule has 4 rings (SSSR count). The summed E-state index contributed by atoms with van der Waals surface area (Å²) < 4.78 is 1.68. The second-order valence-electron chi connectivity index (χ2n) is 6.46. The molecular formula is C16H19Cl2N5. The number of benzene rings is 1. The topological polar surface area (TPSA) is 54.8 Å². The molecule has 1 saturated carbocycles. The molecule has 7 heteroatoms. The van der Waals surface area contributed by atoms with Crippen LogP contribution < -0.4 is 10.6 Å². The number of hydrogen-bond donors (Lipinski definition) is 2. The monoisotopic (exact) mass is 351 g/mol. The van der Waals surface area contributed by atoms with Crippen LogP contribution in [0.3, 0.4) is 0 Å². The van der Waals surface area contributed by atoms with E-state index < -0.39 is 0 Å². The first-order valence-electron chi connectivity index (χ1n) is 7.99. The van der Waals surface area contributed by atoms with Crippen LogP contribution in [0, 0.1) is 5.92 Å². The van der Waals surface area contributed by atoms with Crippen molar-refractivity contribution in [2.24, 2.45) is 5.92 Å². The molecule has 23 heavy (non-hydrogen) atoms. The SMILES string of the molecule is Clc1cccc(-n2cc(CN[C@]34CCC[C@H]3CNC4)nn2)c1Cl. The Kier molecular flexibility index (Phi) is 4.05. The zero-order valence-corrected chi connectivity index (χ0v) is 14.2. The summed E-state index contributed by atoms with van der Waals surface area (Å²) in [4.78, 5) is 0. The Bertz CT molecular complexity index is 704. The van der Waals surface area contributed by atoms with Gasteiger partial charge in [0.05, 0.1) is 27.6 Å². The van der Waals surface area contributed by atoms with Gasteiger partial charge < -0.3 is 10.6 Å². The molecule has 2 aromatic rings. The van der Waals surface area contributed by atoms with Crippen molar-refractivity contribution in [2.45, 2.75) is 31.3 Å². The van der Waals surface area contributed by atoms with Crippen molar-refractivity contribution in [1.82, 2.24) is 25.6 Å². The summed E-state index contributed by atoms with van der Waals surface area (Å²) >= 11 is 12.3. The van der Waals surface area contributed by atoms with E-state index in [2.05, 4.69) is 20.9 Å². The summed E-state index contributed by atoms with van der Waals surface area (Å²) in [6.45, 7) is 2.89. The first-order chi connectivity index (χ1) is 11.2. The van der Waals surface area contributed by atoms with Gasteiger partial charge in [-0.15, -0.1) is 5.10 Å². The summed E-state index contributed by atoms with van der Waals surface area (Å²) in [5.41, 5.74) is 1.89. The Morgan fingerprint density at radius 2 is 2.30 bits per heavy atom. The first kappa shape index (κ1) is 15.4. The minimum absolute atomic E-state index is 0.234. The van der Waals surface area contributed by atoms with Gasteiger partial charge in [-0.25, -0.2) is 4.68 Å². The highest BCUT2D eigenvalue weighted by atomic mass is 35.5. The van der Waals surface area contributed by atoms with E-state index in [1.807, 2.05) is 18.3 Å². The number of aromatic nitrogens is 3. The second kappa shape index (κ2) is 6.06. The molecule has 2 aliphatic rings. The fourth-order valence-electron chi connectivity index (χ4n) is 3.87. The lowest BCUT2D eigenvalue weighted by molar-refractivity contribution is 0.303. The third-order valence-electron chi connectivity index (χ3n) is 5.13. The summed E-state index contributed by atoms with van der Waals surface area (Å²) in [7, 11) is 0. The molecule has 2 atom stereocenters. The average molecular weight is 352 g/mol.